The lowest BCUT2D eigenvalue weighted by Gasteiger charge is -2.33. The Bertz CT molecular complexity index is 1040. The summed E-state index contributed by atoms with van der Waals surface area (Å²) >= 11 is 1.49. The number of rotatable bonds is 3. The van der Waals surface area contributed by atoms with Gasteiger partial charge in [0.1, 0.15) is 6.54 Å². The fourth-order valence-electron chi connectivity index (χ4n) is 4.25. The van der Waals surface area contributed by atoms with E-state index in [1.54, 1.807) is 18.2 Å². The van der Waals surface area contributed by atoms with Crippen molar-refractivity contribution >= 4 is 34.8 Å². The van der Waals surface area contributed by atoms with Gasteiger partial charge in [0.15, 0.2) is 0 Å². The van der Waals surface area contributed by atoms with Crippen molar-refractivity contribution in [1.82, 2.24) is 15.8 Å². The highest BCUT2D eigenvalue weighted by Gasteiger charge is 2.32. The Kier molecular flexibility index (Phi) is 5.47. The summed E-state index contributed by atoms with van der Waals surface area (Å²) in [5.41, 5.74) is 8.12. The topological polar surface area (TPSA) is 78.5 Å². The Balaban J connectivity index is 1.34. The van der Waals surface area contributed by atoms with E-state index >= 15 is 0 Å². The molecule has 2 N–H and O–H groups in total. The second kappa shape index (κ2) is 7.96. The summed E-state index contributed by atoms with van der Waals surface area (Å²) < 4.78 is 0. The van der Waals surface area contributed by atoms with E-state index in [-0.39, 0.29) is 23.8 Å². The Labute approximate surface area is 186 Å². The highest BCUT2D eigenvalue weighted by molar-refractivity contribution is 7.14. The van der Waals surface area contributed by atoms with E-state index < -0.39 is 5.91 Å². The van der Waals surface area contributed by atoms with Crippen LogP contribution < -0.4 is 10.9 Å². The number of nitrogens with zero attached hydrogens (tertiary/aromatic N) is 1. The van der Waals surface area contributed by atoms with Gasteiger partial charge in [0.05, 0.1) is 4.88 Å². The van der Waals surface area contributed by atoms with Crippen LogP contribution in [-0.2, 0) is 17.6 Å². The molecule has 162 valence electrons. The van der Waals surface area contributed by atoms with Gasteiger partial charge >= 0.3 is 0 Å². The predicted octanol–water partition coefficient (Wildman–Crippen LogP) is 3.79. The molecule has 7 heteroatoms. The fraction of sp³-hybridized carbons (Fsp3) is 0.375. The molecule has 1 aromatic carbocycles. The first-order valence-electron chi connectivity index (χ1n) is 10.5. The fourth-order valence-corrected chi connectivity index (χ4v) is 5.35. The maximum Gasteiger partial charge on any atom is 0.279 e. The molecular weight excluding hydrogens is 410 g/mol. The summed E-state index contributed by atoms with van der Waals surface area (Å²) in [6.45, 7) is 10.5. The molecule has 6 nitrogen and oxygen atoms in total. The third-order valence-electron chi connectivity index (χ3n) is 6.19. The van der Waals surface area contributed by atoms with Gasteiger partial charge in [-0.05, 0) is 48.3 Å². The van der Waals surface area contributed by atoms with Crippen LogP contribution in [0.15, 0.2) is 36.9 Å². The van der Waals surface area contributed by atoms with Gasteiger partial charge in [0, 0.05) is 21.7 Å². The maximum atomic E-state index is 12.6. The summed E-state index contributed by atoms with van der Waals surface area (Å²) in [5, 5.41) is 0. The number of hydrazine groups is 1. The van der Waals surface area contributed by atoms with Crippen molar-refractivity contribution in [2.75, 3.05) is 6.54 Å². The van der Waals surface area contributed by atoms with Crippen LogP contribution in [0.4, 0.5) is 0 Å². The van der Waals surface area contributed by atoms with E-state index in [4.69, 9.17) is 0 Å². The Morgan fingerprint density at radius 3 is 2.58 bits per heavy atom. The molecule has 0 spiro atoms. The Morgan fingerprint density at radius 1 is 1.19 bits per heavy atom. The summed E-state index contributed by atoms with van der Waals surface area (Å²) in [6.07, 6.45) is 3.10. The number of amides is 3. The standard InChI is InChI=1S/C24H27N3O3S/c1-14-17-7-5-6-8-18(17)23(30)27(14)13-21(28)25-26-22(29)20-12-15-11-16(24(2,3)4)9-10-19(15)31-20/h5-8,12,16H,1,9-11,13H2,2-4H3,(H,25,28)(H,26,29). The molecule has 31 heavy (non-hydrogen) atoms. The molecule has 1 aliphatic heterocycles. The zero-order valence-corrected chi connectivity index (χ0v) is 18.9. The maximum absolute atomic E-state index is 12.6. The molecule has 0 bridgehead atoms. The molecule has 0 saturated carbocycles. The number of hydrogen-bond donors (Lipinski definition) is 2. The SMILES string of the molecule is C=C1c2ccccc2C(=O)N1CC(=O)NNC(=O)c1cc2c(s1)CCC(C(C)(C)C)C2. The quantitative estimate of drug-likeness (QED) is 0.717. The zero-order valence-electron chi connectivity index (χ0n) is 18.1. The van der Waals surface area contributed by atoms with Gasteiger partial charge < -0.3 is 0 Å². The first-order valence-corrected chi connectivity index (χ1v) is 11.3. The van der Waals surface area contributed by atoms with Gasteiger partial charge in [-0.25, -0.2) is 0 Å². The van der Waals surface area contributed by atoms with Crippen molar-refractivity contribution in [3.05, 3.63) is 63.4 Å². The molecule has 2 heterocycles. The van der Waals surface area contributed by atoms with E-state index in [0.29, 0.717) is 22.1 Å². The van der Waals surface area contributed by atoms with Crippen molar-refractivity contribution in [3.63, 3.8) is 0 Å². The van der Waals surface area contributed by atoms with Crippen molar-refractivity contribution < 1.29 is 14.4 Å². The van der Waals surface area contributed by atoms with Gasteiger partial charge in [-0.15, -0.1) is 11.3 Å². The summed E-state index contributed by atoms with van der Waals surface area (Å²) in [6, 6.07) is 9.06. The van der Waals surface area contributed by atoms with Crippen LogP contribution in [0.2, 0.25) is 0 Å². The first kappa shape index (κ1) is 21.3. The monoisotopic (exact) mass is 437 g/mol. The normalized spacial score (nSPS) is 17.9. The average molecular weight is 438 g/mol. The highest BCUT2D eigenvalue weighted by atomic mass is 32.1. The Hall–Kier alpha value is -2.93. The van der Waals surface area contributed by atoms with Crippen molar-refractivity contribution in [2.45, 2.75) is 40.0 Å². The molecule has 3 amide bonds. The molecule has 0 fully saturated rings. The third-order valence-corrected chi connectivity index (χ3v) is 7.42. The molecule has 4 rings (SSSR count). The number of hydrogen-bond acceptors (Lipinski definition) is 4. The van der Waals surface area contributed by atoms with E-state index in [9.17, 15) is 14.4 Å². The number of benzene rings is 1. The number of thiophene rings is 1. The molecule has 1 unspecified atom stereocenters. The molecule has 0 radical (unpaired) electrons. The lowest BCUT2D eigenvalue weighted by Crippen LogP contribution is -2.46. The lowest BCUT2D eigenvalue weighted by molar-refractivity contribution is -0.122. The molecule has 2 aliphatic rings. The van der Waals surface area contributed by atoms with Crippen LogP contribution in [0.25, 0.3) is 5.70 Å². The zero-order chi connectivity index (χ0) is 22.3. The molecule has 1 aromatic heterocycles. The van der Waals surface area contributed by atoms with Crippen molar-refractivity contribution in [3.8, 4) is 0 Å². The van der Waals surface area contributed by atoms with Gasteiger partial charge in [-0.1, -0.05) is 45.5 Å². The minimum absolute atomic E-state index is 0.208. The molecule has 1 aliphatic carbocycles. The second-order valence-corrected chi connectivity index (χ2v) is 10.4. The van der Waals surface area contributed by atoms with Crippen molar-refractivity contribution in [2.24, 2.45) is 11.3 Å². The minimum atomic E-state index is -0.482. The number of carbonyl (C=O) groups is 3. The van der Waals surface area contributed by atoms with E-state index in [1.165, 1.54) is 26.7 Å². The summed E-state index contributed by atoms with van der Waals surface area (Å²) in [4.78, 5) is 40.6. The summed E-state index contributed by atoms with van der Waals surface area (Å²) in [5.74, 6) is -0.485. The van der Waals surface area contributed by atoms with Crippen LogP contribution in [0, 0.1) is 11.3 Å². The van der Waals surface area contributed by atoms with Crippen LogP contribution in [0.5, 0.6) is 0 Å². The van der Waals surface area contributed by atoms with E-state index in [0.717, 1.165) is 24.8 Å². The number of carbonyl (C=O) groups excluding carboxylic acids is 3. The number of nitrogens with one attached hydrogen (secondary N) is 2. The van der Waals surface area contributed by atoms with Gasteiger partial charge in [-0.3, -0.25) is 30.1 Å². The van der Waals surface area contributed by atoms with E-state index in [1.807, 2.05) is 12.1 Å². The highest BCUT2D eigenvalue weighted by Crippen LogP contribution is 2.40. The predicted molar refractivity (Wildman–Crippen MR) is 121 cm³/mol. The number of fused-ring (bicyclic) bond motifs is 2. The minimum Gasteiger partial charge on any atom is -0.299 e. The summed E-state index contributed by atoms with van der Waals surface area (Å²) in [7, 11) is 0. The van der Waals surface area contributed by atoms with Crippen molar-refractivity contribution in [1.29, 1.82) is 0 Å². The van der Waals surface area contributed by atoms with Gasteiger partial charge in [0.25, 0.3) is 17.7 Å². The van der Waals surface area contributed by atoms with Crippen LogP contribution in [0.3, 0.4) is 0 Å². The molecule has 0 saturated heterocycles. The first-order chi connectivity index (χ1) is 14.6. The van der Waals surface area contributed by atoms with Crippen LogP contribution >= 0.6 is 11.3 Å². The Morgan fingerprint density at radius 2 is 1.90 bits per heavy atom. The lowest BCUT2D eigenvalue weighted by atomic mass is 9.72. The van der Waals surface area contributed by atoms with Gasteiger partial charge in [0.2, 0.25) is 0 Å². The second-order valence-electron chi connectivity index (χ2n) is 9.25. The molecular formula is C24H27N3O3S. The molecule has 1 atom stereocenters. The van der Waals surface area contributed by atoms with E-state index in [2.05, 4.69) is 38.2 Å². The largest absolute Gasteiger partial charge is 0.299 e. The molecule has 2 aromatic rings. The third kappa shape index (κ3) is 4.14. The van der Waals surface area contributed by atoms with Crippen LogP contribution in [0.1, 0.15) is 63.2 Å². The number of aryl methyl sites for hydroxylation is 1. The average Bonchev–Trinajstić information content (AvgIpc) is 3.26. The van der Waals surface area contributed by atoms with Gasteiger partial charge in [-0.2, -0.15) is 0 Å². The van der Waals surface area contributed by atoms with Crippen LogP contribution in [-0.4, -0.2) is 29.2 Å². The smallest absolute Gasteiger partial charge is 0.279 e.